The van der Waals surface area contributed by atoms with E-state index in [1.165, 1.54) is 62.8 Å². The second-order valence-electron chi connectivity index (χ2n) is 5.77. The van der Waals surface area contributed by atoms with Crippen molar-refractivity contribution in [2.24, 2.45) is 0 Å². The molecule has 0 heterocycles. The number of esters is 2. The monoisotopic (exact) mass is 417 g/mol. The van der Waals surface area contributed by atoms with Crippen molar-refractivity contribution in [1.82, 2.24) is 0 Å². The van der Waals surface area contributed by atoms with Crippen LogP contribution in [0.15, 0.2) is 48.5 Å². The number of carbonyl (C=O) groups excluding carboxylic acids is 3. The van der Waals surface area contributed by atoms with Crippen LogP contribution in [-0.2, 0) is 19.1 Å². The quantitative estimate of drug-likeness (QED) is 0.564. The van der Waals surface area contributed by atoms with E-state index in [0.29, 0.717) is 11.5 Å². The number of aliphatic carboxylic acids is 2. The lowest BCUT2D eigenvalue weighted by Crippen LogP contribution is -2.51. The summed E-state index contributed by atoms with van der Waals surface area (Å²) in [4.78, 5) is 47.4. The van der Waals surface area contributed by atoms with Crippen LogP contribution in [0.1, 0.15) is 20.7 Å². The van der Waals surface area contributed by atoms with Crippen molar-refractivity contribution in [2.45, 2.75) is 12.2 Å². The third-order valence-electron chi connectivity index (χ3n) is 3.87. The first kappa shape index (κ1) is 22.2. The highest BCUT2D eigenvalue weighted by molar-refractivity contribution is 5.95. The fraction of sp³-hybridized carbons (Fsp3) is 0.200. The lowest BCUT2D eigenvalue weighted by molar-refractivity contribution is -0.317. The largest absolute Gasteiger partial charge is 0.546 e. The van der Waals surface area contributed by atoms with Crippen molar-refractivity contribution in [1.29, 1.82) is 0 Å². The molecular weight excluding hydrogens is 400 g/mol. The molecule has 10 heteroatoms. The van der Waals surface area contributed by atoms with Gasteiger partial charge in [0.15, 0.2) is 6.10 Å². The molecule has 10 nitrogen and oxygen atoms in total. The highest BCUT2D eigenvalue weighted by atomic mass is 16.6. The van der Waals surface area contributed by atoms with Crippen LogP contribution in [0.3, 0.4) is 0 Å². The summed E-state index contributed by atoms with van der Waals surface area (Å²) < 4.78 is 19.4. The molecule has 0 saturated carbocycles. The molecule has 2 rings (SSSR count). The van der Waals surface area contributed by atoms with Crippen molar-refractivity contribution < 1.29 is 48.3 Å². The maximum atomic E-state index is 12.2. The molecule has 2 unspecified atom stereocenters. The van der Waals surface area contributed by atoms with Gasteiger partial charge in [-0.2, -0.15) is 0 Å². The highest BCUT2D eigenvalue weighted by Crippen LogP contribution is 2.17. The highest BCUT2D eigenvalue weighted by Gasteiger charge is 2.36. The number of hydrogen-bond acceptors (Lipinski definition) is 9. The van der Waals surface area contributed by atoms with E-state index in [0.717, 1.165) is 0 Å². The third-order valence-corrected chi connectivity index (χ3v) is 3.87. The molecule has 0 bridgehead atoms. The number of rotatable bonds is 9. The summed E-state index contributed by atoms with van der Waals surface area (Å²) in [5, 5.41) is 20.8. The Bertz CT molecular complexity index is 840. The van der Waals surface area contributed by atoms with E-state index in [1.54, 1.807) is 0 Å². The normalized spacial score (nSPS) is 12.2. The zero-order valence-corrected chi connectivity index (χ0v) is 15.9. The van der Waals surface area contributed by atoms with E-state index in [-0.39, 0.29) is 11.1 Å². The van der Waals surface area contributed by atoms with Gasteiger partial charge in [0, 0.05) is 0 Å². The van der Waals surface area contributed by atoms with Crippen molar-refractivity contribution in [3.8, 4) is 11.5 Å². The van der Waals surface area contributed by atoms with E-state index >= 15 is 0 Å². The Balaban J connectivity index is 2.19. The molecule has 0 radical (unpaired) electrons. The Kier molecular flexibility index (Phi) is 7.34. The number of carboxylic acid groups (broad SMARTS) is 2. The predicted octanol–water partition coefficient (Wildman–Crippen LogP) is 0.289. The minimum absolute atomic E-state index is 0.0689. The van der Waals surface area contributed by atoms with Crippen molar-refractivity contribution in [3.05, 3.63) is 59.7 Å². The van der Waals surface area contributed by atoms with Crippen LogP contribution in [0.25, 0.3) is 0 Å². The summed E-state index contributed by atoms with van der Waals surface area (Å²) in [6, 6.07) is 10.8. The Hall–Kier alpha value is -4.08. The van der Waals surface area contributed by atoms with Gasteiger partial charge in [0.25, 0.3) is 0 Å². The second-order valence-corrected chi connectivity index (χ2v) is 5.77. The number of benzene rings is 2. The van der Waals surface area contributed by atoms with Crippen molar-refractivity contribution >= 4 is 23.9 Å². The molecule has 0 aromatic heterocycles. The molecule has 2 aromatic carbocycles. The number of hydrogen-bond donors (Lipinski definition) is 1. The number of carboxylic acids is 2. The second kappa shape index (κ2) is 9.92. The topological polar surface area (TPSA) is 148 Å². The first-order valence-electron chi connectivity index (χ1n) is 8.40. The van der Waals surface area contributed by atoms with Gasteiger partial charge in [-0.3, -0.25) is 0 Å². The van der Waals surface area contributed by atoms with Gasteiger partial charge < -0.3 is 34.0 Å². The van der Waals surface area contributed by atoms with Gasteiger partial charge in [0.05, 0.1) is 31.3 Å². The molecule has 0 spiro atoms. The predicted molar refractivity (Wildman–Crippen MR) is 97.0 cm³/mol. The Labute approximate surface area is 170 Å². The van der Waals surface area contributed by atoms with E-state index in [1.807, 2.05) is 0 Å². The summed E-state index contributed by atoms with van der Waals surface area (Å²) in [6.07, 6.45) is -4.73. The number of carbonyl (C=O) groups is 4. The average molecular weight is 417 g/mol. The Morgan fingerprint density at radius 2 is 1.10 bits per heavy atom. The van der Waals surface area contributed by atoms with Crippen LogP contribution in [0.4, 0.5) is 0 Å². The summed E-state index contributed by atoms with van der Waals surface area (Å²) in [6.45, 7) is 0. The maximum absolute atomic E-state index is 12.2. The maximum Gasteiger partial charge on any atom is 0.349 e. The molecule has 0 aliphatic carbocycles. The zero-order chi connectivity index (χ0) is 22.3. The molecule has 0 aliphatic rings. The van der Waals surface area contributed by atoms with Gasteiger partial charge in [-0.15, -0.1) is 0 Å². The molecule has 0 saturated heterocycles. The van der Waals surface area contributed by atoms with Gasteiger partial charge >= 0.3 is 17.9 Å². The van der Waals surface area contributed by atoms with E-state index in [2.05, 4.69) is 0 Å². The number of methoxy groups -OCH3 is 2. The summed E-state index contributed by atoms with van der Waals surface area (Å²) in [5.74, 6) is -5.32. The molecule has 30 heavy (non-hydrogen) atoms. The van der Waals surface area contributed by atoms with E-state index in [4.69, 9.17) is 18.9 Å². The van der Waals surface area contributed by atoms with Crippen molar-refractivity contribution in [3.63, 3.8) is 0 Å². The Morgan fingerprint density at radius 3 is 1.40 bits per heavy atom. The fourth-order valence-corrected chi connectivity index (χ4v) is 2.30. The summed E-state index contributed by atoms with van der Waals surface area (Å²) in [7, 11) is 2.82. The molecule has 2 aromatic rings. The van der Waals surface area contributed by atoms with Crippen molar-refractivity contribution in [2.75, 3.05) is 14.2 Å². The zero-order valence-electron chi connectivity index (χ0n) is 15.9. The summed E-state index contributed by atoms with van der Waals surface area (Å²) in [5.41, 5.74) is -0.145. The van der Waals surface area contributed by atoms with E-state index in [9.17, 15) is 29.4 Å². The third kappa shape index (κ3) is 5.47. The van der Waals surface area contributed by atoms with Crippen LogP contribution >= 0.6 is 0 Å². The van der Waals surface area contributed by atoms with E-state index < -0.39 is 36.1 Å². The van der Waals surface area contributed by atoms with Crippen LogP contribution in [0.2, 0.25) is 0 Å². The molecule has 0 aliphatic heterocycles. The average Bonchev–Trinajstić information content (AvgIpc) is 2.75. The standard InChI is InChI=1S/C20H18O10/c1-27-13-7-3-11(4-8-13)19(25)29-15(17(21)22)16(18(23)24)30-20(26)12-5-9-14(28-2)10-6-12/h3-10,15-16H,1-2H3,(H,21,22)(H,23,24)/p-1. The molecule has 0 amide bonds. The molecule has 1 N–H and O–H groups in total. The van der Waals surface area contributed by atoms with Gasteiger partial charge in [-0.1, -0.05) is 0 Å². The van der Waals surface area contributed by atoms with Gasteiger partial charge in [-0.05, 0) is 48.5 Å². The van der Waals surface area contributed by atoms with Crippen LogP contribution in [0.5, 0.6) is 11.5 Å². The van der Waals surface area contributed by atoms with Gasteiger partial charge in [-0.25, -0.2) is 14.4 Å². The summed E-state index contributed by atoms with van der Waals surface area (Å²) >= 11 is 0. The smallest absolute Gasteiger partial charge is 0.349 e. The lowest BCUT2D eigenvalue weighted by Gasteiger charge is -2.24. The lowest BCUT2D eigenvalue weighted by atomic mass is 10.1. The first-order chi connectivity index (χ1) is 14.3. The molecule has 158 valence electrons. The fourth-order valence-electron chi connectivity index (χ4n) is 2.30. The SMILES string of the molecule is COc1ccc(C(=O)OC(C(=O)[O-])C(OC(=O)c2ccc(OC)cc2)C(=O)O)cc1. The Morgan fingerprint density at radius 1 is 0.733 bits per heavy atom. The number of ether oxygens (including phenoxy) is 4. The first-order valence-corrected chi connectivity index (χ1v) is 8.40. The van der Waals surface area contributed by atoms with Crippen LogP contribution in [-0.4, -0.2) is 55.4 Å². The minimum atomic E-state index is -2.39. The minimum Gasteiger partial charge on any atom is -0.546 e. The molecular formula is C20H17O10-. The van der Waals surface area contributed by atoms with Crippen LogP contribution in [0, 0.1) is 0 Å². The van der Waals surface area contributed by atoms with Gasteiger partial charge in [0.2, 0.25) is 6.10 Å². The molecule has 2 atom stereocenters. The van der Waals surface area contributed by atoms with Crippen LogP contribution < -0.4 is 14.6 Å². The van der Waals surface area contributed by atoms with Gasteiger partial charge in [0.1, 0.15) is 11.5 Å². The molecule has 0 fully saturated rings.